The Labute approximate surface area is 102 Å². The SMILES string of the molecule is C[C@@H]1CCNC(=O)[C@@H]1Nc1ncc(Br)cn1. The van der Waals surface area contributed by atoms with Gasteiger partial charge in [-0.3, -0.25) is 4.79 Å². The van der Waals surface area contributed by atoms with Crippen LogP contribution >= 0.6 is 15.9 Å². The smallest absolute Gasteiger partial charge is 0.242 e. The van der Waals surface area contributed by atoms with Crippen LogP contribution < -0.4 is 10.6 Å². The maximum Gasteiger partial charge on any atom is 0.242 e. The fourth-order valence-corrected chi connectivity index (χ4v) is 1.90. The maximum atomic E-state index is 11.6. The second kappa shape index (κ2) is 4.78. The lowest BCUT2D eigenvalue weighted by Gasteiger charge is -2.28. The molecule has 2 rings (SSSR count). The van der Waals surface area contributed by atoms with Gasteiger partial charge in [0, 0.05) is 18.9 Å². The van der Waals surface area contributed by atoms with Crippen LogP contribution in [0.4, 0.5) is 5.95 Å². The number of carbonyl (C=O) groups excluding carboxylic acids is 1. The molecule has 6 heteroatoms. The number of nitrogens with one attached hydrogen (secondary N) is 2. The van der Waals surface area contributed by atoms with Crippen molar-refractivity contribution in [3.05, 3.63) is 16.9 Å². The van der Waals surface area contributed by atoms with Crippen LogP contribution in [-0.2, 0) is 4.79 Å². The van der Waals surface area contributed by atoms with E-state index < -0.39 is 0 Å². The molecule has 5 nitrogen and oxygen atoms in total. The van der Waals surface area contributed by atoms with Crippen molar-refractivity contribution in [1.82, 2.24) is 15.3 Å². The van der Waals surface area contributed by atoms with Gasteiger partial charge in [-0.2, -0.15) is 0 Å². The molecule has 1 aromatic heterocycles. The molecular weight excluding hydrogens is 272 g/mol. The van der Waals surface area contributed by atoms with E-state index in [2.05, 4.69) is 43.5 Å². The summed E-state index contributed by atoms with van der Waals surface area (Å²) in [6.07, 6.45) is 4.28. The van der Waals surface area contributed by atoms with E-state index in [0.717, 1.165) is 17.4 Å². The molecule has 0 saturated carbocycles. The first-order chi connectivity index (χ1) is 7.66. The van der Waals surface area contributed by atoms with Crippen molar-refractivity contribution in [1.29, 1.82) is 0 Å². The highest BCUT2D eigenvalue weighted by Crippen LogP contribution is 2.16. The van der Waals surface area contributed by atoms with E-state index in [9.17, 15) is 4.79 Å². The first kappa shape index (κ1) is 11.3. The number of carbonyl (C=O) groups is 1. The molecule has 2 atom stereocenters. The molecule has 0 aliphatic carbocycles. The maximum absolute atomic E-state index is 11.6. The van der Waals surface area contributed by atoms with Crippen molar-refractivity contribution >= 4 is 27.8 Å². The van der Waals surface area contributed by atoms with E-state index in [-0.39, 0.29) is 11.9 Å². The number of aromatic nitrogens is 2. The van der Waals surface area contributed by atoms with Gasteiger partial charge in [0.25, 0.3) is 0 Å². The Morgan fingerprint density at radius 1 is 1.50 bits per heavy atom. The van der Waals surface area contributed by atoms with Crippen molar-refractivity contribution in [3.63, 3.8) is 0 Å². The standard InChI is InChI=1S/C10H13BrN4O/c1-6-2-3-12-9(16)8(6)15-10-13-4-7(11)5-14-10/h4-6,8H,2-3H2,1H3,(H,12,16)(H,13,14,15)/t6-,8-/m1/s1. The average molecular weight is 285 g/mol. The predicted octanol–water partition coefficient (Wildman–Crippen LogP) is 1.18. The predicted molar refractivity (Wildman–Crippen MR) is 63.9 cm³/mol. The molecule has 0 bridgehead atoms. The van der Waals surface area contributed by atoms with Gasteiger partial charge >= 0.3 is 0 Å². The van der Waals surface area contributed by atoms with E-state index >= 15 is 0 Å². The summed E-state index contributed by atoms with van der Waals surface area (Å²) in [6.45, 7) is 2.80. The van der Waals surface area contributed by atoms with Crippen LogP contribution in [0.1, 0.15) is 13.3 Å². The molecule has 1 saturated heterocycles. The summed E-state index contributed by atoms with van der Waals surface area (Å²) >= 11 is 3.26. The second-order valence-electron chi connectivity index (χ2n) is 3.90. The molecule has 2 heterocycles. The van der Waals surface area contributed by atoms with Gasteiger partial charge in [-0.1, -0.05) is 6.92 Å². The molecule has 0 aromatic carbocycles. The average Bonchev–Trinajstić information content (AvgIpc) is 2.26. The van der Waals surface area contributed by atoms with Gasteiger partial charge in [-0.25, -0.2) is 9.97 Å². The van der Waals surface area contributed by atoms with E-state index in [4.69, 9.17) is 0 Å². The van der Waals surface area contributed by atoms with E-state index in [0.29, 0.717) is 11.9 Å². The van der Waals surface area contributed by atoms with Gasteiger partial charge in [0.2, 0.25) is 11.9 Å². The van der Waals surface area contributed by atoms with Gasteiger partial charge < -0.3 is 10.6 Å². The van der Waals surface area contributed by atoms with Gasteiger partial charge in [0.15, 0.2) is 0 Å². The molecule has 0 spiro atoms. The van der Waals surface area contributed by atoms with Crippen LogP contribution in [0.3, 0.4) is 0 Å². The number of anilines is 1. The lowest BCUT2D eigenvalue weighted by atomic mass is 9.94. The summed E-state index contributed by atoms with van der Waals surface area (Å²) in [5.74, 6) is 0.795. The molecule has 86 valence electrons. The zero-order valence-corrected chi connectivity index (χ0v) is 10.5. The monoisotopic (exact) mass is 284 g/mol. The van der Waals surface area contributed by atoms with E-state index in [1.54, 1.807) is 12.4 Å². The minimum Gasteiger partial charge on any atom is -0.354 e. The van der Waals surface area contributed by atoms with Gasteiger partial charge in [0.05, 0.1) is 4.47 Å². The summed E-state index contributed by atoms with van der Waals surface area (Å²) in [5, 5.41) is 5.88. The largest absolute Gasteiger partial charge is 0.354 e. The molecule has 2 N–H and O–H groups in total. The third kappa shape index (κ3) is 2.49. The van der Waals surface area contributed by atoms with Crippen molar-refractivity contribution in [2.45, 2.75) is 19.4 Å². The Morgan fingerprint density at radius 3 is 2.81 bits per heavy atom. The molecule has 1 aliphatic rings. The first-order valence-electron chi connectivity index (χ1n) is 5.18. The Hall–Kier alpha value is -1.17. The first-order valence-corrected chi connectivity index (χ1v) is 5.98. The summed E-state index contributed by atoms with van der Waals surface area (Å²) in [7, 11) is 0. The van der Waals surface area contributed by atoms with Crippen LogP contribution in [0.2, 0.25) is 0 Å². The molecule has 0 radical (unpaired) electrons. The van der Waals surface area contributed by atoms with Crippen LogP contribution in [0.5, 0.6) is 0 Å². The summed E-state index contributed by atoms with van der Waals surface area (Å²) in [5.41, 5.74) is 0. The zero-order valence-electron chi connectivity index (χ0n) is 8.90. The van der Waals surface area contributed by atoms with Crippen LogP contribution in [0.25, 0.3) is 0 Å². The highest BCUT2D eigenvalue weighted by Gasteiger charge is 2.29. The molecule has 1 amide bonds. The number of nitrogens with zero attached hydrogens (tertiary/aromatic N) is 2. The van der Waals surface area contributed by atoms with Crippen molar-refractivity contribution in [2.75, 3.05) is 11.9 Å². The Bertz CT molecular complexity index is 381. The fraction of sp³-hybridized carbons (Fsp3) is 0.500. The van der Waals surface area contributed by atoms with E-state index in [1.807, 2.05) is 0 Å². The molecule has 0 unspecified atom stereocenters. The number of rotatable bonds is 2. The van der Waals surface area contributed by atoms with E-state index in [1.165, 1.54) is 0 Å². The summed E-state index contributed by atoms with van der Waals surface area (Å²) < 4.78 is 0.819. The van der Waals surface area contributed by atoms with Crippen LogP contribution in [-0.4, -0.2) is 28.5 Å². The number of halogens is 1. The van der Waals surface area contributed by atoms with Gasteiger partial charge in [-0.05, 0) is 28.3 Å². The third-order valence-electron chi connectivity index (χ3n) is 2.66. The Kier molecular flexibility index (Phi) is 3.38. The third-order valence-corrected chi connectivity index (χ3v) is 3.06. The molecular formula is C10H13BrN4O. The highest BCUT2D eigenvalue weighted by molar-refractivity contribution is 9.10. The van der Waals surface area contributed by atoms with Crippen molar-refractivity contribution in [2.24, 2.45) is 5.92 Å². The summed E-state index contributed by atoms with van der Waals surface area (Å²) in [4.78, 5) is 19.8. The number of hydrogen-bond acceptors (Lipinski definition) is 4. The molecule has 1 aliphatic heterocycles. The Balaban J connectivity index is 2.07. The summed E-state index contributed by atoms with van der Waals surface area (Å²) in [6, 6.07) is -0.241. The van der Waals surface area contributed by atoms with Gasteiger partial charge in [0.1, 0.15) is 6.04 Å². The Morgan fingerprint density at radius 2 is 2.19 bits per heavy atom. The highest BCUT2D eigenvalue weighted by atomic mass is 79.9. The number of hydrogen-bond donors (Lipinski definition) is 2. The minimum atomic E-state index is -0.241. The minimum absolute atomic E-state index is 0.0188. The molecule has 16 heavy (non-hydrogen) atoms. The second-order valence-corrected chi connectivity index (χ2v) is 4.82. The van der Waals surface area contributed by atoms with Crippen LogP contribution in [0.15, 0.2) is 16.9 Å². The topological polar surface area (TPSA) is 66.9 Å². The van der Waals surface area contributed by atoms with Crippen molar-refractivity contribution < 1.29 is 4.79 Å². The fourth-order valence-electron chi connectivity index (χ4n) is 1.69. The molecule has 1 fully saturated rings. The lowest BCUT2D eigenvalue weighted by molar-refractivity contribution is -0.124. The number of amides is 1. The lowest BCUT2D eigenvalue weighted by Crippen LogP contribution is -2.49. The normalized spacial score (nSPS) is 25.0. The molecule has 1 aromatic rings. The van der Waals surface area contributed by atoms with Crippen molar-refractivity contribution in [3.8, 4) is 0 Å². The number of piperidine rings is 1. The zero-order chi connectivity index (χ0) is 11.5. The van der Waals surface area contributed by atoms with Gasteiger partial charge in [-0.15, -0.1) is 0 Å². The van der Waals surface area contributed by atoms with Crippen LogP contribution in [0, 0.1) is 5.92 Å². The quantitative estimate of drug-likeness (QED) is 0.856.